The van der Waals surface area contributed by atoms with E-state index in [1.54, 1.807) is 0 Å². The van der Waals surface area contributed by atoms with Gasteiger partial charge in [-0.15, -0.1) is 0 Å². The minimum absolute atomic E-state index is 0.0489. The number of ether oxygens (including phenoxy) is 1. The summed E-state index contributed by atoms with van der Waals surface area (Å²) in [5, 5.41) is 13.8. The van der Waals surface area contributed by atoms with Crippen LogP contribution in [0.3, 0.4) is 0 Å². The molecule has 3 atom stereocenters. The zero-order valence-electron chi connectivity index (χ0n) is 15.2. The van der Waals surface area contributed by atoms with Gasteiger partial charge < -0.3 is 15.2 Å². The van der Waals surface area contributed by atoms with E-state index in [0.29, 0.717) is 18.3 Å². The van der Waals surface area contributed by atoms with Crippen molar-refractivity contribution in [2.45, 2.75) is 63.7 Å². The van der Waals surface area contributed by atoms with Crippen molar-refractivity contribution in [3.8, 4) is 0 Å². The summed E-state index contributed by atoms with van der Waals surface area (Å²) in [7, 11) is 0. The number of aliphatic hydroxyl groups is 1. The molecule has 0 aliphatic heterocycles. The molecule has 0 heterocycles. The maximum atomic E-state index is 12.4. The molecule has 2 N–H and O–H groups in total. The van der Waals surface area contributed by atoms with Crippen LogP contribution in [0.5, 0.6) is 0 Å². The largest absolute Gasteiger partial charge is 0.445 e. The minimum atomic E-state index is -0.659. The van der Waals surface area contributed by atoms with Gasteiger partial charge in [0.05, 0.1) is 11.6 Å². The molecule has 4 bridgehead atoms. The highest BCUT2D eigenvalue weighted by atomic mass is 16.5. The number of Topliss-reactive ketones (excluding diaryl/α,β-unsaturated/α-hetero) is 1. The summed E-state index contributed by atoms with van der Waals surface area (Å²) in [6.45, 7) is 1.71. The molecule has 0 spiro atoms. The second-order valence-corrected chi connectivity index (χ2v) is 8.80. The first-order valence-electron chi connectivity index (χ1n) is 9.58. The van der Waals surface area contributed by atoms with E-state index in [9.17, 15) is 14.7 Å². The standard InChI is InChI=1S/C21H27NO4/c1-14(23)18(22-19(24)26-12-15-5-3-2-4-6-15)20-8-16-7-17(9-20)11-21(25,10-16)13-20/h2-6,16-18,25H,7-13H2,1H3,(H,22,24)/t16?,17?,18-,20?,21?/m1/s1. The highest BCUT2D eigenvalue weighted by molar-refractivity contribution is 5.86. The molecule has 4 saturated carbocycles. The Hall–Kier alpha value is -1.88. The van der Waals surface area contributed by atoms with E-state index in [1.807, 2.05) is 30.3 Å². The Morgan fingerprint density at radius 1 is 1.19 bits per heavy atom. The van der Waals surface area contributed by atoms with Gasteiger partial charge in [-0.05, 0) is 62.8 Å². The van der Waals surface area contributed by atoms with Crippen LogP contribution in [0.4, 0.5) is 4.79 Å². The Labute approximate surface area is 154 Å². The van der Waals surface area contributed by atoms with Crippen LogP contribution in [0.1, 0.15) is 51.0 Å². The van der Waals surface area contributed by atoms with Gasteiger partial charge in [-0.1, -0.05) is 30.3 Å². The third-order valence-corrected chi connectivity index (χ3v) is 6.57. The highest BCUT2D eigenvalue weighted by Gasteiger charge is 2.60. The van der Waals surface area contributed by atoms with Gasteiger partial charge in [0.15, 0.2) is 5.78 Å². The van der Waals surface area contributed by atoms with E-state index in [1.165, 1.54) is 6.92 Å². The van der Waals surface area contributed by atoms with E-state index in [4.69, 9.17) is 4.74 Å². The highest BCUT2D eigenvalue weighted by Crippen LogP contribution is 2.62. The molecule has 140 valence electrons. The predicted octanol–water partition coefficient (Wildman–Crippen LogP) is 3.20. The van der Waals surface area contributed by atoms with Crippen LogP contribution in [-0.4, -0.2) is 28.6 Å². The summed E-state index contributed by atoms with van der Waals surface area (Å²) in [5.74, 6) is 0.877. The molecule has 1 amide bonds. The molecule has 5 heteroatoms. The number of hydrogen-bond donors (Lipinski definition) is 2. The van der Waals surface area contributed by atoms with Crippen LogP contribution in [-0.2, 0) is 16.1 Å². The zero-order chi connectivity index (χ0) is 18.4. The van der Waals surface area contributed by atoms with Crippen molar-refractivity contribution in [2.24, 2.45) is 17.3 Å². The Bertz CT molecular complexity index is 687. The number of carbonyl (C=O) groups is 2. The lowest BCUT2D eigenvalue weighted by molar-refractivity contribution is -0.175. The molecule has 5 rings (SSSR count). The summed E-state index contributed by atoms with van der Waals surface area (Å²) < 4.78 is 5.33. The molecule has 2 unspecified atom stereocenters. The topological polar surface area (TPSA) is 75.6 Å². The number of benzene rings is 1. The number of alkyl carbamates (subject to hydrolysis) is 1. The lowest BCUT2D eigenvalue weighted by Gasteiger charge is -2.61. The number of hydrogen-bond acceptors (Lipinski definition) is 4. The molecule has 1 aromatic carbocycles. The van der Waals surface area contributed by atoms with Crippen LogP contribution >= 0.6 is 0 Å². The number of nitrogens with one attached hydrogen (secondary N) is 1. The summed E-state index contributed by atoms with van der Waals surface area (Å²) in [6, 6.07) is 8.90. The molecular weight excluding hydrogens is 330 g/mol. The third kappa shape index (κ3) is 3.25. The molecule has 4 aliphatic carbocycles. The van der Waals surface area contributed by atoms with Gasteiger partial charge in [-0.2, -0.15) is 0 Å². The summed E-state index contributed by atoms with van der Waals surface area (Å²) in [4.78, 5) is 24.8. The molecule has 0 saturated heterocycles. The number of amides is 1. The molecule has 0 radical (unpaired) electrons. The average molecular weight is 357 g/mol. The van der Waals surface area contributed by atoms with E-state index < -0.39 is 17.7 Å². The summed E-state index contributed by atoms with van der Waals surface area (Å²) >= 11 is 0. The molecule has 5 nitrogen and oxygen atoms in total. The number of ketones is 1. The van der Waals surface area contributed by atoms with Crippen molar-refractivity contribution < 1.29 is 19.4 Å². The van der Waals surface area contributed by atoms with Gasteiger partial charge in [-0.25, -0.2) is 4.79 Å². The quantitative estimate of drug-likeness (QED) is 0.848. The van der Waals surface area contributed by atoms with Crippen LogP contribution in [0, 0.1) is 17.3 Å². The van der Waals surface area contributed by atoms with Crippen molar-refractivity contribution in [1.82, 2.24) is 5.32 Å². The van der Waals surface area contributed by atoms with Crippen LogP contribution in [0.2, 0.25) is 0 Å². The number of rotatable bonds is 5. The third-order valence-electron chi connectivity index (χ3n) is 6.57. The van der Waals surface area contributed by atoms with Gasteiger partial charge in [0.1, 0.15) is 6.61 Å². The van der Waals surface area contributed by atoms with Crippen LogP contribution in [0.25, 0.3) is 0 Å². The molecule has 1 aromatic rings. The number of carbonyl (C=O) groups excluding carboxylic acids is 2. The van der Waals surface area contributed by atoms with Gasteiger partial charge in [-0.3, -0.25) is 4.79 Å². The average Bonchev–Trinajstić information content (AvgIpc) is 2.56. The molecule has 26 heavy (non-hydrogen) atoms. The van der Waals surface area contributed by atoms with Crippen molar-refractivity contribution in [3.05, 3.63) is 35.9 Å². The fourth-order valence-electron chi connectivity index (χ4n) is 6.19. The van der Waals surface area contributed by atoms with Crippen molar-refractivity contribution in [2.75, 3.05) is 0 Å². The fraction of sp³-hybridized carbons (Fsp3) is 0.619. The van der Waals surface area contributed by atoms with E-state index in [2.05, 4.69) is 5.32 Å². The lowest BCUT2D eigenvalue weighted by Crippen LogP contribution is -2.64. The first kappa shape index (κ1) is 17.5. The maximum absolute atomic E-state index is 12.4. The minimum Gasteiger partial charge on any atom is -0.445 e. The molecular formula is C21H27NO4. The van der Waals surface area contributed by atoms with Crippen LogP contribution in [0.15, 0.2) is 30.3 Å². The van der Waals surface area contributed by atoms with Gasteiger partial charge in [0.2, 0.25) is 0 Å². The van der Waals surface area contributed by atoms with Crippen molar-refractivity contribution in [1.29, 1.82) is 0 Å². The van der Waals surface area contributed by atoms with Crippen LogP contribution < -0.4 is 5.32 Å². The van der Waals surface area contributed by atoms with E-state index >= 15 is 0 Å². The zero-order valence-corrected chi connectivity index (χ0v) is 15.2. The van der Waals surface area contributed by atoms with Gasteiger partial charge in [0.25, 0.3) is 0 Å². The Morgan fingerprint density at radius 2 is 1.85 bits per heavy atom. The summed E-state index contributed by atoms with van der Waals surface area (Å²) in [5.41, 5.74) is -0.0738. The maximum Gasteiger partial charge on any atom is 0.408 e. The SMILES string of the molecule is CC(=O)[C@@H](NC(=O)OCc1ccccc1)C12CC3CC(CC(O)(C3)C1)C2. The Morgan fingerprint density at radius 3 is 2.42 bits per heavy atom. The second kappa shape index (κ2) is 6.38. The van der Waals surface area contributed by atoms with E-state index in [0.717, 1.165) is 37.7 Å². The monoisotopic (exact) mass is 357 g/mol. The van der Waals surface area contributed by atoms with Gasteiger partial charge >= 0.3 is 6.09 Å². The van der Waals surface area contributed by atoms with E-state index in [-0.39, 0.29) is 17.8 Å². The molecule has 4 fully saturated rings. The first-order valence-corrected chi connectivity index (χ1v) is 9.58. The molecule has 4 aliphatic rings. The smallest absolute Gasteiger partial charge is 0.408 e. The summed E-state index contributed by atoms with van der Waals surface area (Å²) in [6.07, 6.45) is 4.70. The van der Waals surface area contributed by atoms with Crippen molar-refractivity contribution in [3.63, 3.8) is 0 Å². The Kier molecular flexibility index (Phi) is 4.30. The Balaban J connectivity index is 1.46. The van der Waals surface area contributed by atoms with Crippen molar-refractivity contribution >= 4 is 11.9 Å². The second-order valence-electron chi connectivity index (χ2n) is 8.80. The lowest BCUT2D eigenvalue weighted by atomic mass is 9.46. The first-order chi connectivity index (χ1) is 12.4. The molecule has 0 aromatic heterocycles. The normalized spacial score (nSPS) is 35.8. The fourth-order valence-corrected chi connectivity index (χ4v) is 6.19. The predicted molar refractivity (Wildman–Crippen MR) is 96.3 cm³/mol. The van der Waals surface area contributed by atoms with Gasteiger partial charge in [0, 0.05) is 5.41 Å².